The van der Waals surface area contributed by atoms with E-state index >= 15 is 0 Å². The SMILES string of the molecule is C#CC(C)N(C)CCOCc1cccnc1. The Bertz CT molecular complexity index is 332. The molecule has 0 saturated carbocycles. The van der Waals surface area contributed by atoms with Crippen LogP contribution >= 0.6 is 0 Å². The van der Waals surface area contributed by atoms with Crippen molar-refractivity contribution < 1.29 is 4.74 Å². The van der Waals surface area contributed by atoms with Crippen molar-refractivity contribution in [1.29, 1.82) is 0 Å². The van der Waals surface area contributed by atoms with Crippen LogP contribution in [-0.4, -0.2) is 36.1 Å². The molecule has 0 fully saturated rings. The smallest absolute Gasteiger partial charge is 0.0732 e. The zero-order valence-electron chi connectivity index (χ0n) is 9.89. The van der Waals surface area contributed by atoms with Gasteiger partial charge in [0.25, 0.3) is 0 Å². The average molecular weight is 218 g/mol. The standard InChI is InChI=1S/C13H18N2O/c1-4-12(2)15(3)8-9-16-11-13-6-5-7-14-10-13/h1,5-7,10,12H,8-9,11H2,2-3H3. The van der Waals surface area contributed by atoms with Crippen LogP contribution in [0.5, 0.6) is 0 Å². The third kappa shape index (κ3) is 4.43. The summed E-state index contributed by atoms with van der Waals surface area (Å²) in [7, 11) is 2.00. The maximum absolute atomic E-state index is 5.53. The van der Waals surface area contributed by atoms with Crippen molar-refractivity contribution in [3.8, 4) is 12.3 Å². The summed E-state index contributed by atoms with van der Waals surface area (Å²) in [5.74, 6) is 2.68. The summed E-state index contributed by atoms with van der Waals surface area (Å²) in [5, 5.41) is 0. The maximum Gasteiger partial charge on any atom is 0.0732 e. The second kappa shape index (κ2) is 7.00. The fraction of sp³-hybridized carbons (Fsp3) is 0.462. The Morgan fingerprint density at radius 1 is 1.62 bits per heavy atom. The van der Waals surface area contributed by atoms with Crippen molar-refractivity contribution in [3.05, 3.63) is 30.1 Å². The van der Waals surface area contributed by atoms with Gasteiger partial charge in [0.05, 0.1) is 19.3 Å². The van der Waals surface area contributed by atoms with Crippen LogP contribution < -0.4 is 0 Å². The molecule has 0 amide bonds. The van der Waals surface area contributed by atoms with Crippen LogP contribution in [0.1, 0.15) is 12.5 Å². The molecule has 0 spiro atoms. The third-order valence-corrected chi connectivity index (χ3v) is 2.48. The van der Waals surface area contributed by atoms with Gasteiger partial charge < -0.3 is 4.74 Å². The summed E-state index contributed by atoms with van der Waals surface area (Å²) in [6.45, 7) is 4.12. The third-order valence-electron chi connectivity index (χ3n) is 2.48. The Kier molecular flexibility index (Phi) is 5.55. The predicted molar refractivity (Wildman–Crippen MR) is 64.8 cm³/mol. The number of terminal acetylenes is 1. The van der Waals surface area contributed by atoms with E-state index in [4.69, 9.17) is 11.2 Å². The topological polar surface area (TPSA) is 25.4 Å². The zero-order chi connectivity index (χ0) is 11.8. The Hall–Kier alpha value is -1.37. The maximum atomic E-state index is 5.53. The molecule has 0 aliphatic carbocycles. The minimum absolute atomic E-state index is 0.155. The summed E-state index contributed by atoms with van der Waals surface area (Å²) in [5.41, 5.74) is 1.09. The van der Waals surface area contributed by atoms with E-state index in [1.54, 1.807) is 6.20 Å². The van der Waals surface area contributed by atoms with E-state index in [2.05, 4.69) is 15.8 Å². The number of nitrogens with zero attached hydrogens (tertiary/aromatic N) is 2. The molecular formula is C13H18N2O. The molecule has 3 nitrogen and oxygen atoms in total. The van der Waals surface area contributed by atoms with E-state index in [1.165, 1.54) is 0 Å². The lowest BCUT2D eigenvalue weighted by Gasteiger charge is -2.19. The van der Waals surface area contributed by atoms with Crippen LogP contribution in [0.3, 0.4) is 0 Å². The van der Waals surface area contributed by atoms with E-state index < -0.39 is 0 Å². The Balaban J connectivity index is 2.16. The Morgan fingerprint density at radius 3 is 3.06 bits per heavy atom. The Labute approximate surface area is 97.4 Å². The van der Waals surface area contributed by atoms with Crippen LogP contribution in [0.4, 0.5) is 0 Å². The number of aromatic nitrogens is 1. The molecule has 0 radical (unpaired) electrons. The van der Waals surface area contributed by atoms with Crippen LogP contribution in [0.2, 0.25) is 0 Å². The normalized spacial score (nSPS) is 12.4. The highest BCUT2D eigenvalue weighted by Crippen LogP contribution is 1.99. The molecule has 86 valence electrons. The number of ether oxygens (including phenoxy) is 1. The van der Waals surface area contributed by atoms with Crippen molar-refractivity contribution in [2.45, 2.75) is 19.6 Å². The number of rotatable bonds is 6. The first-order chi connectivity index (χ1) is 7.74. The van der Waals surface area contributed by atoms with E-state index in [1.807, 2.05) is 32.3 Å². The van der Waals surface area contributed by atoms with Gasteiger partial charge in [0, 0.05) is 18.9 Å². The molecule has 0 bridgehead atoms. The van der Waals surface area contributed by atoms with Gasteiger partial charge in [-0.15, -0.1) is 6.42 Å². The van der Waals surface area contributed by atoms with Crippen molar-refractivity contribution in [2.24, 2.45) is 0 Å². The number of hydrogen-bond donors (Lipinski definition) is 0. The average Bonchev–Trinajstić information content (AvgIpc) is 2.34. The monoisotopic (exact) mass is 218 g/mol. The fourth-order valence-corrected chi connectivity index (χ4v) is 1.20. The number of likely N-dealkylation sites (N-methyl/N-ethyl adjacent to an activating group) is 1. The second-order valence-electron chi connectivity index (χ2n) is 3.74. The molecule has 1 unspecified atom stereocenters. The lowest BCUT2D eigenvalue weighted by Crippen LogP contribution is -2.30. The van der Waals surface area contributed by atoms with Gasteiger partial charge in [-0.25, -0.2) is 0 Å². The van der Waals surface area contributed by atoms with Gasteiger partial charge in [-0.05, 0) is 25.6 Å². The highest BCUT2D eigenvalue weighted by atomic mass is 16.5. The summed E-state index contributed by atoms with van der Waals surface area (Å²) >= 11 is 0. The summed E-state index contributed by atoms with van der Waals surface area (Å²) in [4.78, 5) is 6.11. The first-order valence-electron chi connectivity index (χ1n) is 5.37. The Morgan fingerprint density at radius 2 is 2.44 bits per heavy atom. The van der Waals surface area contributed by atoms with Gasteiger partial charge in [-0.2, -0.15) is 0 Å². The second-order valence-corrected chi connectivity index (χ2v) is 3.74. The molecule has 3 heteroatoms. The lowest BCUT2D eigenvalue weighted by molar-refractivity contribution is 0.0957. The summed E-state index contributed by atoms with van der Waals surface area (Å²) in [6, 6.07) is 4.06. The lowest BCUT2D eigenvalue weighted by atomic mass is 10.3. The zero-order valence-corrected chi connectivity index (χ0v) is 9.89. The molecule has 1 rings (SSSR count). The number of pyridine rings is 1. The first-order valence-corrected chi connectivity index (χ1v) is 5.37. The van der Waals surface area contributed by atoms with Crippen LogP contribution in [0, 0.1) is 12.3 Å². The molecule has 1 aromatic heterocycles. The van der Waals surface area contributed by atoms with Gasteiger partial charge in [0.15, 0.2) is 0 Å². The highest BCUT2D eigenvalue weighted by molar-refractivity contribution is 5.06. The molecule has 0 aliphatic heterocycles. The fourth-order valence-electron chi connectivity index (χ4n) is 1.20. The van der Waals surface area contributed by atoms with Crippen LogP contribution in [0.25, 0.3) is 0 Å². The van der Waals surface area contributed by atoms with Crippen molar-refractivity contribution in [1.82, 2.24) is 9.88 Å². The van der Waals surface area contributed by atoms with Crippen molar-refractivity contribution >= 4 is 0 Å². The van der Waals surface area contributed by atoms with Gasteiger partial charge in [-0.1, -0.05) is 12.0 Å². The molecule has 0 aliphatic rings. The molecule has 1 heterocycles. The van der Waals surface area contributed by atoms with E-state index in [9.17, 15) is 0 Å². The molecule has 1 atom stereocenters. The van der Waals surface area contributed by atoms with E-state index in [0.717, 1.165) is 12.1 Å². The molecule has 0 N–H and O–H groups in total. The molecular weight excluding hydrogens is 200 g/mol. The molecule has 0 aromatic carbocycles. The summed E-state index contributed by atoms with van der Waals surface area (Å²) in [6.07, 6.45) is 8.90. The number of hydrogen-bond acceptors (Lipinski definition) is 3. The molecule has 1 aromatic rings. The van der Waals surface area contributed by atoms with Crippen molar-refractivity contribution in [2.75, 3.05) is 20.2 Å². The molecule has 0 saturated heterocycles. The predicted octanol–water partition coefficient (Wildman–Crippen LogP) is 1.55. The van der Waals surface area contributed by atoms with Crippen molar-refractivity contribution in [3.63, 3.8) is 0 Å². The van der Waals surface area contributed by atoms with Gasteiger partial charge >= 0.3 is 0 Å². The van der Waals surface area contributed by atoms with E-state index in [0.29, 0.717) is 13.2 Å². The minimum Gasteiger partial charge on any atom is -0.375 e. The minimum atomic E-state index is 0.155. The van der Waals surface area contributed by atoms with E-state index in [-0.39, 0.29) is 6.04 Å². The molecule has 16 heavy (non-hydrogen) atoms. The van der Waals surface area contributed by atoms with Crippen LogP contribution in [0.15, 0.2) is 24.5 Å². The largest absolute Gasteiger partial charge is 0.375 e. The van der Waals surface area contributed by atoms with Gasteiger partial charge in [0.1, 0.15) is 0 Å². The van der Waals surface area contributed by atoms with Crippen LogP contribution in [-0.2, 0) is 11.3 Å². The quantitative estimate of drug-likeness (QED) is 0.535. The summed E-state index contributed by atoms with van der Waals surface area (Å²) < 4.78 is 5.53. The highest BCUT2D eigenvalue weighted by Gasteiger charge is 2.04. The van der Waals surface area contributed by atoms with Gasteiger partial charge in [0.2, 0.25) is 0 Å². The first kappa shape index (κ1) is 12.7. The van der Waals surface area contributed by atoms with Gasteiger partial charge in [-0.3, -0.25) is 9.88 Å².